The lowest BCUT2D eigenvalue weighted by Gasteiger charge is -2.10. The second-order valence-electron chi connectivity index (χ2n) is 3.88. The van der Waals surface area contributed by atoms with Crippen LogP contribution in [-0.4, -0.2) is 17.3 Å². The number of rotatable bonds is 3. The van der Waals surface area contributed by atoms with Crippen molar-refractivity contribution in [2.24, 2.45) is 0 Å². The van der Waals surface area contributed by atoms with Crippen molar-refractivity contribution in [2.75, 3.05) is 6.54 Å². The van der Waals surface area contributed by atoms with E-state index in [1.54, 1.807) is 30.3 Å². The molecule has 2 rings (SSSR count). The Hall–Kier alpha value is -1.82. The summed E-state index contributed by atoms with van der Waals surface area (Å²) in [5.74, 6) is 0. The highest BCUT2D eigenvalue weighted by molar-refractivity contribution is 5.81. The van der Waals surface area contributed by atoms with Gasteiger partial charge in [-0.05, 0) is 17.5 Å². The Morgan fingerprint density at radius 2 is 1.89 bits per heavy atom. The maximum atomic E-state index is 12.0. The minimum absolute atomic E-state index is 0.164. The molecule has 0 radical (unpaired) electrons. The van der Waals surface area contributed by atoms with E-state index >= 15 is 0 Å². The van der Waals surface area contributed by atoms with Gasteiger partial charge in [0.2, 0.25) is 0 Å². The van der Waals surface area contributed by atoms with Crippen molar-refractivity contribution in [1.29, 1.82) is 0 Å². The SMILES string of the molecule is O=c1c2ccccc2ccn1CNCC(F)(F)F. The Morgan fingerprint density at radius 1 is 1.17 bits per heavy atom. The monoisotopic (exact) mass is 256 g/mol. The summed E-state index contributed by atoms with van der Waals surface area (Å²) in [6.45, 7) is -1.28. The van der Waals surface area contributed by atoms with E-state index in [1.165, 1.54) is 10.8 Å². The molecule has 0 unspecified atom stereocenters. The highest BCUT2D eigenvalue weighted by Crippen LogP contribution is 2.12. The molecule has 0 atom stereocenters. The van der Waals surface area contributed by atoms with Crippen LogP contribution in [-0.2, 0) is 6.67 Å². The summed E-state index contributed by atoms with van der Waals surface area (Å²) in [6, 6.07) is 8.65. The number of pyridine rings is 1. The first-order valence-corrected chi connectivity index (χ1v) is 5.33. The van der Waals surface area contributed by atoms with E-state index in [9.17, 15) is 18.0 Å². The molecule has 0 aliphatic heterocycles. The number of hydrogen-bond acceptors (Lipinski definition) is 2. The molecular formula is C12H11F3N2O. The highest BCUT2D eigenvalue weighted by Gasteiger charge is 2.26. The molecule has 2 aromatic rings. The van der Waals surface area contributed by atoms with Gasteiger partial charge in [-0.3, -0.25) is 10.1 Å². The molecule has 1 heterocycles. The van der Waals surface area contributed by atoms with Crippen LogP contribution in [0, 0.1) is 0 Å². The van der Waals surface area contributed by atoms with Gasteiger partial charge < -0.3 is 4.57 Å². The molecule has 0 saturated carbocycles. The molecular weight excluding hydrogens is 245 g/mol. The summed E-state index contributed by atoms with van der Waals surface area (Å²) in [4.78, 5) is 11.9. The van der Waals surface area contributed by atoms with Crippen LogP contribution in [0.1, 0.15) is 0 Å². The van der Waals surface area contributed by atoms with E-state index in [2.05, 4.69) is 5.32 Å². The Labute approximate surface area is 101 Å². The van der Waals surface area contributed by atoms with Crippen molar-refractivity contribution < 1.29 is 13.2 Å². The van der Waals surface area contributed by atoms with Crippen LogP contribution in [0.4, 0.5) is 13.2 Å². The Balaban J connectivity index is 2.20. The molecule has 3 nitrogen and oxygen atoms in total. The predicted octanol–water partition coefficient (Wildman–Crippen LogP) is 2.11. The first-order valence-electron chi connectivity index (χ1n) is 5.33. The lowest BCUT2D eigenvalue weighted by molar-refractivity contribution is -0.125. The van der Waals surface area contributed by atoms with Crippen LogP contribution in [0.25, 0.3) is 10.8 Å². The maximum Gasteiger partial charge on any atom is 0.401 e. The smallest absolute Gasteiger partial charge is 0.302 e. The molecule has 0 fully saturated rings. The zero-order chi connectivity index (χ0) is 13.2. The third-order valence-electron chi connectivity index (χ3n) is 2.49. The van der Waals surface area contributed by atoms with Crippen molar-refractivity contribution in [1.82, 2.24) is 9.88 Å². The fourth-order valence-electron chi connectivity index (χ4n) is 1.67. The minimum Gasteiger partial charge on any atom is -0.302 e. The van der Waals surface area contributed by atoms with Crippen LogP contribution in [0.3, 0.4) is 0 Å². The van der Waals surface area contributed by atoms with E-state index in [0.29, 0.717) is 5.39 Å². The van der Waals surface area contributed by atoms with Gasteiger partial charge in [-0.1, -0.05) is 18.2 Å². The second-order valence-corrected chi connectivity index (χ2v) is 3.88. The van der Waals surface area contributed by atoms with Gasteiger partial charge in [-0.15, -0.1) is 0 Å². The van der Waals surface area contributed by atoms with Crippen LogP contribution in [0.2, 0.25) is 0 Å². The largest absolute Gasteiger partial charge is 0.401 e. The van der Waals surface area contributed by atoms with Gasteiger partial charge in [0.05, 0.1) is 13.2 Å². The topological polar surface area (TPSA) is 34.0 Å². The van der Waals surface area contributed by atoms with Gasteiger partial charge >= 0.3 is 6.18 Å². The zero-order valence-corrected chi connectivity index (χ0v) is 9.37. The summed E-state index contributed by atoms with van der Waals surface area (Å²) in [5.41, 5.74) is -0.303. The average Bonchev–Trinajstić information content (AvgIpc) is 2.31. The molecule has 18 heavy (non-hydrogen) atoms. The Bertz CT molecular complexity index is 604. The Morgan fingerprint density at radius 3 is 2.61 bits per heavy atom. The third-order valence-corrected chi connectivity index (χ3v) is 2.49. The number of aromatic nitrogens is 1. The quantitative estimate of drug-likeness (QED) is 0.912. The first kappa shape index (κ1) is 12.6. The number of halogens is 3. The molecule has 0 saturated heterocycles. The van der Waals surface area contributed by atoms with Crippen molar-refractivity contribution in [3.8, 4) is 0 Å². The van der Waals surface area contributed by atoms with Crippen molar-refractivity contribution >= 4 is 10.8 Å². The zero-order valence-electron chi connectivity index (χ0n) is 9.37. The summed E-state index contributed by atoms with van der Waals surface area (Å²) in [7, 11) is 0. The molecule has 0 bridgehead atoms. The predicted molar refractivity (Wildman–Crippen MR) is 62.3 cm³/mol. The number of alkyl halides is 3. The van der Waals surface area contributed by atoms with Gasteiger partial charge in [0.25, 0.3) is 5.56 Å². The fraction of sp³-hybridized carbons (Fsp3) is 0.250. The maximum absolute atomic E-state index is 12.0. The van der Waals surface area contributed by atoms with E-state index in [-0.39, 0.29) is 12.2 Å². The van der Waals surface area contributed by atoms with E-state index in [4.69, 9.17) is 0 Å². The standard InChI is InChI=1S/C12H11F3N2O/c13-12(14,15)7-16-8-17-6-5-9-3-1-2-4-10(9)11(17)18/h1-6,16H,7-8H2. The molecule has 0 aliphatic rings. The van der Waals surface area contributed by atoms with Crippen molar-refractivity contribution in [2.45, 2.75) is 12.8 Å². The van der Waals surface area contributed by atoms with Gasteiger partial charge in [0.15, 0.2) is 0 Å². The molecule has 1 aromatic carbocycles. The normalized spacial score (nSPS) is 11.9. The first-order chi connectivity index (χ1) is 8.47. The average molecular weight is 256 g/mol. The molecule has 6 heteroatoms. The molecule has 96 valence electrons. The van der Waals surface area contributed by atoms with Crippen LogP contribution in [0.15, 0.2) is 41.3 Å². The summed E-state index contributed by atoms with van der Waals surface area (Å²) < 4.78 is 37.1. The van der Waals surface area contributed by atoms with Gasteiger partial charge in [0, 0.05) is 11.6 Å². The third kappa shape index (κ3) is 2.89. The van der Waals surface area contributed by atoms with Crippen LogP contribution < -0.4 is 10.9 Å². The van der Waals surface area contributed by atoms with E-state index < -0.39 is 12.7 Å². The number of benzene rings is 1. The van der Waals surface area contributed by atoms with Crippen LogP contribution >= 0.6 is 0 Å². The van der Waals surface area contributed by atoms with E-state index in [0.717, 1.165) is 5.39 Å². The minimum atomic E-state index is -4.28. The molecule has 1 aromatic heterocycles. The van der Waals surface area contributed by atoms with Gasteiger partial charge in [-0.25, -0.2) is 0 Å². The van der Waals surface area contributed by atoms with Crippen LogP contribution in [0.5, 0.6) is 0 Å². The molecule has 0 amide bonds. The molecule has 1 N–H and O–H groups in total. The summed E-state index contributed by atoms with van der Waals surface area (Å²) in [6.07, 6.45) is -2.80. The molecule has 0 aliphatic carbocycles. The fourth-order valence-corrected chi connectivity index (χ4v) is 1.67. The van der Waals surface area contributed by atoms with Crippen molar-refractivity contribution in [3.63, 3.8) is 0 Å². The highest BCUT2D eigenvalue weighted by atomic mass is 19.4. The van der Waals surface area contributed by atoms with Crippen molar-refractivity contribution in [3.05, 3.63) is 46.9 Å². The van der Waals surface area contributed by atoms with E-state index in [1.807, 2.05) is 0 Å². The number of fused-ring (bicyclic) bond motifs is 1. The Kier molecular flexibility index (Phi) is 3.38. The lowest BCUT2D eigenvalue weighted by atomic mass is 10.2. The molecule has 0 spiro atoms. The summed E-state index contributed by atoms with van der Waals surface area (Å²) >= 11 is 0. The van der Waals surface area contributed by atoms with Gasteiger partial charge in [0.1, 0.15) is 0 Å². The summed E-state index contributed by atoms with van der Waals surface area (Å²) in [5, 5.41) is 3.45. The number of hydrogen-bond donors (Lipinski definition) is 1. The lowest BCUT2D eigenvalue weighted by Crippen LogP contribution is -2.34. The second kappa shape index (κ2) is 4.81. The van der Waals surface area contributed by atoms with Gasteiger partial charge in [-0.2, -0.15) is 13.2 Å². The number of nitrogens with one attached hydrogen (secondary N) is 1. The number of nitrogens with zero attached hydrogens (tertiary/aromatic N) is 1.